The number of rotatable bonds is 5. The summed E-state index contributed by atoms with van der Waals surface area (Å²) in [5.41, 5.74) is 9.27. The number of carbonyl (C=O) groups is 1. The first kappa shape index (κ1) is 23.9. The maximum atomic E-state index is 12.8. The van der Waals surface area contributed by atoms with Crippen molar-refractivity contribution in [1.29, 1.82) is 0 Å². The highest BCUT2D eigenvalue weighted by Crippen LogP contribution is 2.37. The molecule has 0 spiro atoms. The molecule has 2 fully saturated rings. The molecule has 2 aliphatic rings. The average molecular weight is 488 g/mol. The Kier molecular flexibility index (Phi) is 6.43. The molecule has 1 aromatic heterocycles. The number of aromatic nitrogens is 2. The fraction of sp³-hybridized carbons (Fsp3) is 0.393. The van der Waals surface area contributed by atoms with Crippen LogP contribution >= 0.6 is 0 Å². The minimum absolute atomic E-state index is 0.0797. The molecule has 188 valence electrons. The van der Waals surface area contributed by atoms with Gasteiger partial charge in [-0.1, -0.05) is 42.5 Å². The second-order valence-electron chi connectivity index (χ2n) is 10.4. The van der Waals surface area contributed by atoms with Crippen LogP contribution in [0.1, 0.15) is 39.2 Å². The van der Waals surface area contributed by atoms with Crippen molar-refractivity contribution in [3.63, 3.8) is 0 Å². The lowest BCUT2D eigenvalue weighted by atomic mass is 10.1. The van der Waals surface area contributed by atoms with Crippen LogP contribution in [0.2, 0.25) is 0 Å². The lowest BCUT2D eigenvalue weighted by Gasteiger charge is -2.42. The fourth-order valence-electron chi connectivity index (χ4n) is 5.03. The van der Waals surface area contributed by atoms with E-state index in [-0.39, 0.29) is 18.2 Å². The molecule has 36 heavy (non-hydrogen) atoms. The van der Waals surface area contributed by atoms with E-state index in [1.807, 2.05) is 86.3 Å². The van der Waals surface area contributed by atoms with Gasteiger partial charge in [-0.2, -0.15) is 0 Å². The number of amides is 1. The van der Waals surface area contributed by atoms with Crippen LogP contribution in [0.5, 0.6) is 5.75 Å². The van der Waals surface area contributed by atoms with Gasteiger partial charge in [0.1, 0.15) is 18.0 Å². The number of carbonyl (C=O) groups excluding carboxylic acids is 1. The summed E-state index contributed by atoms with van der Waals surface area (Å²) in [4.78, 5) is 17.0. The van der Waals surface area contributed by atoms with Crippen LogP contribution in [0, 0.1) is 0 Å². The second-order valence-corrected chi connectivity index (χ2v) is 10.4. The van der Waals surface area contributed by atoms with Gasteiger partial charge in [0.2, 0.25) is 0 Å². The van der Waals surface area contributed by atoms with Gasteiger partial charge in [0.05, 0.1) is 23.5 Å². The Bertz CT molecular complexity index is 1210. The van der Waals surface area contributed by atoms with E-state index in [1.165, 1.54) is 0 Å². The summed E-state index contributed by atoms with van der Waals surface area (Å²) in [5, 5.41) is 8.68. The van der Waals surface area contributed by atoms with Gasteiger partial charge in [-0.05, 0) is 57.4 Å². The first-order valence-corrected chi connectivity index (χ1v) is 12.4. The number of anilines is 2. The molecule has 0 saturated carbocycles. The zero-order valence-electron chi connectivity index (χ0n) is 21.1. The fourth-order valence-corrected chi connectivity index (χ4v) is 5.03. The third kappa shape index (κ3) is 5.08. The molecular formula is C28H33N5O3. The quantitative estimate of drug-likeness (QED) is 0.547. The van der Waals surface area contributed by atoms with Gasteiger partial charge >= 0.3 is 6.09 Å². The molecule has 2 saturated heterocycles. The van der Waals surface area contributed by atoms with Gasteiger partial charge in [-0.25, -0.2) is 4.79 Å². The van der Waals surface area contributed by atoms with Crippen LogP contribution in [0.15, 0.2) is 60.7 Å². The second kappa shape index (κ2) is 9.68. The molecule has 2 atom stereocenters. The number of piperazine rings is 1. The Labute approximate surface area is 212 Å². The Hall–Kier alpha value is -3.81. The van der Waals surface area contributed by atoms with Crippen molar-refractivity contribution in [2.24, 2.45) is 0 Å². The lowest BCUT2D eigenvalue weighted by molar-refractivity contribution is 0.0123. The molecule has 2 aromatic carbocycles. The highest BCUT2D eigenvalue weighted by molar-refractivity contribution is 5.75. The van der Waals surface area contributed by atoms with Crippen LogP contribution in [-0.2, 0) is 11.3 Å². The predicted octanol–water partition coefficient (Wildman–Crippen LogP) is 4.89. The summed E-state index contributed by atoms with van der Waals surface area (Å²) in [6.45, 7) is 7.51. The van der Waals surface area contributed by atoms with Crippen molar-refractivity contribution in [3.05, 3.63) is 66.2 Å². The van der Waals surface area contributed by atoms with Crippen molar-refractivity contribution in [1.82, 2.24) is 15.1 Å². The van der Waals surface area contributed by atoms with Crippen LogP contribution in [-0.4, -0.2) is 52.0 Å². The summed E-state index contributed by atoms with van der Waals surface area (Å²) in [5.74, 6) is 1.12. The molecule has 0 aliphatic carbocycles. The van der Waals surface area contributed by atoms with E-state index in [0.29, 0.717) is 31.2 Å². The number of nitrogens with zero attached hydrogens (tertiary/aromatic N) is 4. The summed E-state index contributed by atoms with van der Waals surface area (Å²) >= 11 is 0. The molecule has 3 aromatic rings. The maximum Gasteiger partial charge on any atom is 0.410 e. The molecule has 0 radical (unpaired) electrons. The monoisotopic (exact) mass is 487 g/mol. The maximum absolute atomic E-state index is 12.8. The number of nitrogen functional groups attached to an aromatic ring is 1. The topological polar surface area (TPSA) is 93.8 Å². The van der Waals surface area contributed by atoms with Crippen molar-refractivity contribution < 1.29 is 14.3 Å². The van der Waals surface area contributed by atoms with Crippen LogP contribution < -0.4 is 15.4 Å². The van der Waals surface area contributed by atoms with Crippen molar-refractivity contribution >= 4 is 17.6 Å². The molecule has 3 heterocycles. The normalized spacial score (nSPS) is 19.3. The van der Waals surface area contributed by atoms with Gasteiger partial charge in [-0.15, -0.1) is 10.2 Å². The van der Waals surface area contributed by atoms with E-state index in [1.54, 1.807) is 0 Å². The molecule has 2 N–H and O–H groups in total. The highest BCUT2D eigenvalue weighted by atomic mass is 16.6. The molecule has 0 unspecified atom stereocenters. The van der Waals surface area contributed by atoms with Crippen molar-refractivity contribution in [3.8, 4) is 17.0 Å². The summed E-state index contributed by atoms with van der Waals surface area (Å²) < 4.78 is 11.8. The third-order valence-corrected chi connectivity index (χ3v) is 6.63. The number of para-hydroxylation sites is 1. The number of ether oxygens (including phenoxy) is 2. The lowest BCUT2D eigenvalue weighted by Crippen LogP contribution is -2.57. The average Bonchev–Trinajstić information content (AvgIpc) is 3.13. The molecule has 8 heteroatoms. The smallest absolute Gasteiger partial charge is 0.410 e. The Morgan fingerprint density at radius 2 is 1.67 bits per heavy atom. The van der Waals surface area contributed by atoms with Crippen molar-refractivity contribution in [2.75, 3.05) is 23.7 Å². The summed E-state index contributed by atoms with van der Waals surface area (Å²) in [7, 11) is 0. The molecule has 1 amide bonds. The standard InChI is InChI=1S/C28H33N5O3/c1-28(2,3)36-27(34)33-20-13-14-21(33)17-32(16-20)24-15-23(30-31-26(24)29)22-11-7-8-12-25(22)35-18-19-9-5-4-6-10-19/h4-12,15,20-21H,13-14,16-18H2,1-3H3,(H2,29,31)/t20-,21+. The molecule has 8 nitrogen and oxygen atoms in total. The minimum Gasteiger partial charge on any atom is -0.488 e. The zero-order valence-corrected chi connectivity index (χ0v) is 21.1. The van der Waals surface area contributed by atoms with Gasteiger partial charge in [0, 0.05) is 18.7 Å². The molecule has 5 rings (SSSR count). The zero-order chi connectivity index (χ0) is 25.3. The summed E-state index contributed by atoms with van der Waals surface area (Å²) in [6, 6.07) is 20.0. The van der Waals surface area contributed by atoms with E-state index in [9.17, 15) is 4.79 Å². The number of hydrogen-bond acceptors (Lipinski definition) is 7. The van der Waals surface area contributed by atoms with Crippen molar-refractivity contribution in [2.45, 2.75) is 57.9 Å². The van der Waals surface area contributed by atoms with Crippen LogP contribution in [0.25, 0.3) is 11.3 Å². The minimum atomic E-state index is -0.516. The van der Waals surface area contributed by atoms with E-state index in [0.717, 1.165) is 35.4 Å². The van der Waals surface area contributed by atoms with Gasteiger partial charge in [-0.3, -0.25) is 4.90 Å². The van der Waals surface area contributed by atoms with E-state index in [4.69, 9.17) is 15.2 Å². The first-order chi connectivity index (χ1) is 17.3. The highest BCUT2D eigenvalue weighted by Gasteiger charge is 2.44. The largest absolute Gasteiger partial charge is 0.488 e. The number of fused-ring (bicyclic) bond motifs is 2. The third-order valence-electron chi connectivity index (χ3n) is 6.63. The Morgan fingerprint density at radius 1 is 1.00 bits per heavy atom. The molecular weight excluding hydrogens is 454 g/mol. The predicted molar refractivity (Wildman–Crippen MR) is 140 cm³/mol. The molecule has 2 bridgehead atoms. The number of benzene rings is 2. The van der Waals surface area contributed by atoms with E-state index < -0.39 is 5.60 Å². The van der Waals surface area contributed by atoms with Gasteiger partial charge in [0.25, 0.3) is 0 Å². The van der Waals surface area contributed by atoms with Crippen LogP contribution in [0.4, 0.5) is 16.3 Å². The first-order valence-electron chi connectivity index (χ1n) is 12.4. The van der Waals surface area contributed by atoms with Crippen LogP contribution in [0.3, 0.4) is 0 Å². The Morgan fingerprint density at radius 3 is 2.36 bits per heavy atom. The van der Waals surface area contributed by atoms with E-state index in [2.05, 4.69) is 15.1 Å². The molecule has 2 aliphatic heterocycles. The Balaban J connectivity index is 1.36. The van der Waals surface area contributed by atoms with Gasteiger partial charge in [0.15, 0.2) is 5.82 Å². The number of hydrogen-bond donors (Lipinski definition) is 1. The number of nitrogens with two attached hydrogens (primary N) is 1. The summed E-state index contributed by atoms with van der Waals surface area (Å²) in [6.07, 6.45) is 1.66. The van der Waals surface area contributed by atoms with E-state index >= 15 is 0 Å². The van der Waals surface area contributed by atoms with Gasteiger partial charge < -0.3 is 20.1 Å². The SMILES string of the molecule is CC(C)(C)OC(=O)N1[C@@H]2CC[C@H]1CN(c1cc(-c3ccccc3OCc3ccccc3)nnc1N)C2.